The fraction of sp³-hybridized carbons (Fsp3) is 0.562. The van der Waals surface area contributed by atoms with Gasteiger partial charge in [0.2, 0.25) is 0 Å². The molecule has 0 radical (unpaired) electrons. The van der Waals surface area contributed by atoms with Gasteiger partial charge in [-0.2, -0.15) is 0 Å². The van der Waals surface area contributed by atoms with Crippen molar-refractivity contribution in [3.8, 4) is 5.75 Å². The number of halogens is 1. The van der Waals surface area contributed by atoms with Gasteiger partial charge in [0.1, 0.15) is 5.75 Å². The molecule has 1 aliphatic carbocycles. The standard InChI is InChI=1S/C16H23ClN2O3/c1-11-8-14(15(21-2)9-13(11)17)19-16(20)18-6-3-7-22-10-12-4-5-12/h8-9,12H,3-7,10H2,1-2H3,(H2,18,19,20). The first kappa shape index (κ1) is 16.9. The maximum atomic E-state index is 11.9. The largest absolute Gasteiger partial charge is 0.495 e. The molecule has 1 aliphatic rings. The van der Waals surface area contributed by atoms with E-state index in [4.69, 9.17) is 21.1 Å². The molecule has 0 heterocycles. The first-order valence-corrected chi connectivity index (χ1v) is 7.94. The Kier molecular flexibility index (Phi) is 6.34. The van der Waals surface area contributed by atoms with Crippen molar-refractivity contribution in [2.24, 2.45) is 5.92 Å². The Morgan fingerprint density at radius 3 is 2.86 bits per heavy atom. The summed E-state index contributed by atoms with van der Waals surface area (Å²) in [6, 6.07) is 3.22. The lowest BCUT2D eigenvalue weighted by Crippen LogP contribution is -2.30. The van der Waals surface area contributed by atoms with Crippen LogP contribution in [-0.4, -0.2) is 32.9 Å². The number of benzene rings is 1. The highest BCUT2D eigenvalue weighted by Gasteiger charge is 2.20. The van der Waals surface area contributed by atoms with E-state index < -0.39 is 0 Å². The van der Waals surface area contributed by atoms with Crippen molar-refractivity contribution in [1.29, 1.82) is 0 Å². The van der Waals surface area contributed by atoms with Crippen LogP contribution in [0, 0.1) is 12.8 Å². The van der Waals surface area contributed by atoms with Crippen molar-refractivity contribution in [3.05, 3.63) is 22.7 Å². The molecule has 1 aromatic carbocycles. The number of anilines is 1. The van der Waals surface area contributed by atoms with Gasteiger partial charge in [-0.25, -0.2) is 4.79 Å². The number of aryl methyl sites for hydroxylation is 1. The number of ether oxygens (including phenoxy) is 2. The van der Waals surface area contributed by atoms with Gasteiger partial charge in [0.05, 0.1) is 12.8 Å². The van der Waals surface area contributed by atoms with Crippen LogP contribution in [0.1, 0.15) is 24.8 Å². The van der Waals surface area contributed by atoms with Crippen LogP contribution >= 0.6 is 11.6 Å². The van der Waals surface area contributed by atoms with Gasteiger partial charge < -0.3 is 20.1 Å². The van der Waals surface area contributed by atoms with Crippen LogP contribution in [0.5, 0.6) is 5.75 Å². The van der Waals surface area contributed by atoms with Gasteiger partial charge in [-0.1, -0.05) is 11.6 Å². The molecule has 2 amide bonds. The number of carbonyl (C=O) groups is 1. The van der Waals surface area contributed by atoms with E-state index >= 15 is 0 Å². The molecule has 1 aromatic rings. The van der Waals surface area contributed by atoms with Crippen LogP contribution in [0.2, 0.25) is 5.02 Å². The van der Waals surface area contributed by atoms with E-state index in [1.54, 1.807) is 19.2 Å². The normalized spacial score (nSPS) is 13.8. The Morgan fingerprint density at radius 1 is 1.41 bits per heavy atom. The minimum Gasteiger partial charge on any atom is -0.495 e. The molecule has 6 heteroatoms. The predicted molar refractivity (Wildman–Crippen MR) is 87.9 cm³/mol. The van der Waals surface area contributed by atoms with Crippen LogP contribution in [-0.2, 0) is 4.74 Å². The second-order valence-electron chi connectivity index (χ2n) is 5.55. The van der Waals surface area contributed by atoms with E-state index in [9.17, 15) is 4.79 Å². The summed E-state index contributed by atoms with van der Waals surface area (Å²) in [5.41, 5.74) is 1.48. The van der Waals surface area contributed by atoms with Crippen molar-refractivity contribution in [2.45, 2.75) is 26.2 Å². The van der Waals surface area contributed by atoms with E-state index in [2.05, 4.69) is 10.6 Å². The number of carbonyl (C=O) groups excluding carboxylic acids is 1. The summed E-state index contributed by atoms with van der Waals surface area (Å²) >= 11 is 6.04. The molecule has 1 saturated carbocycles. The Morgan fingerprint density at radius 2 is 2.18 bits per heavy atom. The highest BCUT2D eigenvalue weighted by atomic mass is 35.5. The number of urea groups is 1. The molecule has 22 heavy (non-hydrogen) atoms. The fourth-order valence-electron chi connectivity index (χ4n) is 2.01. The Labute approximate surface area is 136 Å². The van der Waals surface area contributed by atoms with E-state index in [1.165, 1.54) is 12.8 Å². The molecular formula is C16H23ClN2O3. The first-order valence-electron chi connectivity index (χ1n) is 7.57. The van der Waals surface area contributed by atoms with E-state index in [1.807, 2.05) is 6.92 Å². The topological polar surface area (TPSA) is 59.6 Å². The molecule has 0 spiro atoms. The highest BCUT2D eigenvalue weighted by molar-refractivity contribution is 6.31. The second kappa shape index (κ2) is 8.25. The molecule has 0 aliphatic heterocycles. The third kappa shape index (κ3) is 5.39. The maximum Gasteiger partial charge on any atom is 0.319 e. The zero-order chi connectivity index (χ0) is 15.9. The summed E-state index contributed by atoms with van der Waals surface area (Å²) in [6.45, 7) is 3.99. The van der Waals surface area contributed by atoms with Crippen LogP contribution in [0.4, 0.5) is 10.5 Å². The number of hydrogen-bond donors (Lipinski definition) is 2. The van der Waals surface area contributed by atoms with Gasteiger partial charge in [0.25, 0.3) is 0 Å². The van der Waals surface area contributed by atoms with Crippen LogP contribution in [0.25, 0.3) is 0 Å². The zero-order valence-electron chi connectivity index (χ0n) is 13.1. The Balaban J connectivity index is 1.70. The number of methoxy groups -OCH3 is 1. The van der Waals surface area contributed by atoms with E-state index in [0.717, 1.165) is 24.5 Å². The SMILES string of the molecule is COc1cc(Cl)c(C)cc1NC(=O)NCCCOCC1CC1. The van der Waals surface area contributed by atoms with Crippen LogP contribution in [0.3, 0.4) is 0 Å². The lowest BCUT2D eigenvalue weighted by atomic mass is 10.2. The van der Waals surface area contributed by atoms with Crippen LogP contribution in [0.15, 0.2) is 12.1 Å². The van der Waals surface area contributed by atoms with Gasteiger partial charge >= 0.3 is 6.03 Å². The molecule has 2 N–H and O–H groups in total. The summed E-state index contributed by atoms with van der Waals surface area (Å²) in [5, 5.41) is 6.18. The van der Waals surface area contributed by atoms with Gasteiger partial charge in [-0.15, -0.1) is 0 Å². The quantitative estimate of drug-likeness (QED) is 0.718. The van der Waals surface area contributed by atoms with Gasteiger partial charge in [0, 0.05) is 30.8 Å². The van der Waals surface area contributed by atoms with Gasteiger partial charge in [-0.05, 0) is 43.7 Å². The molecule has 0 atom stereocenters. The summed E-state index contributed by atoms with van der Waals surface area (Å²) < 4.78 is 10.7. The van der Waals surface area contributed by atoms with Crippen molar-refractivity contribution in [2.75, 3.05) is 32.2 Å². The molecule has 0 aromatic heterocycles. The first-order chi connectivity index (χ1) is 10.6. The number of rotatable bonds is 8. The molecule has 1 fully saturated rings. The van der Waals surface area contributed by atoms with Crippen molar-refractivity contribution < 1.29 is 14.3 Å². The third-order valence-corrected chi connectivity index (χ3v) is 3.94. The van der Waals surface area contributed by atoms with Crippen LogP contribution < -0.4 is 15.4 Å². The third-order valence-electron chi connectivity index (χ3n) is 3.53. The smallest absolute Gasteiger partial charge is 0.319 e. The van der Waals surface area contributed by atoms with E-state index in [0.29, 0.717) is 29.6 Å². The number of amides is 2. The minimum absolute atomic E-state index is 0.262. The molecule has 0 bridgehead atoms. The van der Waals surface area contributed by atoms with Gasteiger partial charge in [0.15, 0.2) is 0 Å². The number of nitrogens with one attached hydrogen (secondary N) is 2. The summed E-state index contributed by atoms with van der Waals surface area (Å²) in [7, 11) is 1.54. The molecule has 2 rings (SSSR count). The van der Waals surface area contributed by atoms with E-state index in [-0.39, 0.29) is 6.03 Å². The monoisotopic (exact) mass is 326 g/mol. The fourth-order valence-corrected chi connectivity index (χ4v) is 2.16. The minimum atomic E-state index is -0.262. The average molecular weight is 327 g/mol. The molecular weight excluding hydrogens is 304 g/mol. The molecule has 5 nitrogen and oxygen atoms in total. The van der Waals surface area contributed by atoms with Crippen molar-refractivity contribution in [3.63, 3.8) is 0 Å². The molecule has 0 unspecified atom stereocenters. The van der Waals surface area contributed by atoms with Gasteiger partial charge in [-0.3, -0.25) is 0 Å². The van der Waals surface area contributed by atoms with Crippen molar-refractivity contribution >= 4 is 23.3 Å². The summed E-state index contributed by atoms with van der Waals surface area (Å²) in [4.78, 5) is 11.9. The second-order valence-corrected chi connectivity index (χ2v) is 5.96. The molecule has 0 saturated heterocycles. The number of hydrogen-bond acceptors (Lipinski definition) is 3. The molecule has 122 valence electrons. The Hall–Kier alpha value is -1.46. The average Bonchev–Trinajstić information content (AvgIpc) is 3.30. The summed E-state index contributed by atoms with van der Waals surface area (Å²) in [6.07, 6.45) is 3.39. The van der Waals surface area contributed by atoms with Crippen molar-refractivity contribution in [1.82, 2.24) is 5.32 Å². The zero-order valence-corrected chi connectivity index (χ0v) is 13.8. The predicted octanol–water partition coefficient (Wildman–Crippen LogP) is 3.60. The highest BCUT2D eigenvalue weighted by Crippen LogP contribution is 2.31. The maximum absolute atomic E-state index is 11.9. The summed E-state index contributed by atoms with van der Waals surface area (Å²) in [5.74, 6) is 1.32. The lowest BCUT2D eigenvalue weighted by Gasteiger charge is -2.13. The Bertz CT molecular complexity index is 518. The lowest BCUT2D eigenvalue weighted by molar-refractivity contribution is 0.122.